The topological polar surface area (TPSA) is 85.4 Å². The summed E-state index contributed by atoms with van der Waals surface area (Å²) < 4.78 is 15.4. The van der Waals surface area contributed by atoms with Crippen molar-refractivity contribution in [1.29, 1.82) is 0 Å². The minimum atomic E-state index is -0.456. The molecule has 132 valence electrons. The first-order valence-electron chi connectivity index (χ1n) is 8.09. The molecule has 3 amide bonds. The Morgan fingerprint density at radius 2 is 1.84 bits per heavy atom. The summed E-state index contributed by atoms with van der Waals surface area (Å²) in [6.07, 6.45) is 0. The van der Waals surface area contributed by atoms with Crippen LogP contribution in [0.1, 0.15) is 5.56 Å². The van der Waals surface area contributed by atoms with Gasteiger partial charge >= 0.3 is 0 Å². The highest BCUT2D eigenvalue weighted by Gasteiger charge is 2.53. The highest BCUT2D eigenvalue weighted by atomic mass is 16.7. The Hall–Kier alpha value is -2.61. The molecule has 4 rings (SSSR count). The second kappa shape index (κ2) is 6.03. The number of likely N-dealkylation sites (tertiary alicyclic amines) is 2. The number of hydrogen-bond acceptors (Lipinski definition) is 6. The molecule has 0 aromatic heterocycles. The molecule has 3 aliphatic heterocycles. The maximum absolute atomic E-state index is 12.6. The van der Waals surface area contributed by atoms with Crippen molar-refractivity contribution in [1.82, 2.24) is 9.80 Å². The van der Waals surface area contributed by atoms with E-state index in [1.165, 1.54) is 16.9 Å². The van der Waals surface area contributed by atoms with Gasteiger partial charge in [-0.2, -0.15) is 0 Å². The van der Waals surface area contributed by atoms with Crippen molar-refractivity contribution in [3.63, 3.8) is 0 Å². The molecule has 1 aromatic carbocycles. The zero-order chi connectivity index (χ0) is 17.6. The molecule has 2 fully saturated rings. The molecular weight excluding hydrogens is 328 g/mol. The van der Waals surface area contributed by atoms with Gasteiger partial charge in [0.2, 0.25) is 24.5 Å². The third-order valence-electron chi connectivity index (χ3n) is 4.88. The number of rotatable bonds is 4. The van der Waals surface area contributed by atoms with Crippen LogP contribution in [0.5, 0.6) is 11.5 Å². The number of methoxy groups -OCH3 is 1. The molecule has 0 unspecified atom stereocenters. The van der Waals surface area contributed by atoms with Gasteiger partial charge in [-0.3, -0.25) is 19.3 Å². The van der Waals surface area contributed by atoms with Crippen LogP contribution in [-0.2, 0) is 25.7 Å². The van der Waals surface area contributed by atoms with E-state index in [9.17, 15) is 14.4 Å². The van der Waals surface area contributed by atoms with Gasteiger partial charge in [0.05, 0.1) is 18.4 Å². The smallest absolute Gasteiger partial charge is 0.248 e. The fraction of sp³-hybridized carbons (Fsp3) is 0.471. The van der Waals surface area contributed by atoms with Crippen molar-refractivity contribution in [3.05, 3.63) is 23.8 Å². The minimum absolute atomic E-state index is 0.0390. The van der Waals surface area contributed by atoms with E-state index in [1.54, 1.807) is 12.1 Å². The molecular formula is C17H18N2O6. The number of nitrogens with zero attached hydrogens (tertiary/aromatic N) is 2. The van der Waals surface area contributed by atoms with Crippen LogP contribution in [0.25, 0.3) is 0 Å². The summed E-state index contributed by atoms with van der Waals surface area (Å²) in [5.41, 5.74) is 0.804. The number of benzene rings is 1. The maximum atomic E-state index is 12.6. The van der Waals surface area contributed by atoms with Gasteiger partial charge in [-0.25, -0.2) is 0 Å². The Balaban J connectivity index is 1.46. The first-order chi connectivity index (χ1) is 12.1. The number of imide groups is 1. The normalized spacial score (nSPS) is 24.2. The Morgan fingerprint density at radius 1 is 1.16 bits per heavy atom. The van der Waals surface area contributed by atoms with Crippen molar-refractivity contribution in [3.8, 4) is 11.5 Å². The van der Waals surface area contributed by atoms with Crippen LogP contribution in [0.4, 0.5) is 0 Å². The van der Waals surface area contributed by atoms with Gasteiger partial charge in [0, 0.05) is 20.2 Å². The van der Waals surface area contributed by atoms with Crippen LogP contribution in [0.3, 0.4) is 0 Å². The van der Waals surface area contributed by atoms with Gasteiger partial charge in [-0.15, -0.1) is 0 Å². The Morgan fingerprint density at radius 3 is 2.52 bits per heavy atom. The first-order valence-corrected chi connectivity index (χ1v) is 8.09. The van der Waals surface area contributed by atoms with Gasteiger partial charge in [-0.1, -0.05) is 6.07 Å². The lowest BCUT2D eigenvalue weighted by molar-refractivity contribution is -0.142. The average Bonchev–Trinajstić information content (AvgIpc) is 3.28. The van der Waals surface area contributed by atoms with Crippen molar-refractivity contribution in [2.24, 2.45) is 11.8 Å². The lowest BCUT2D eigenvalue weighted by atomic mass is 10.00. The quantitative estimate of drug-likeness (QED) is 0.714. The summed E-state index contributed by atoms with van der Waals surface area (Å²) >= 11 is 0. The molecule has 25 heavy (non-hydrogen) atoms. The van der Waals surface area contributed by atoms with E-state index >= 15 is 0 Å². The molecule has 3 heterocycles. The lowest BCUT2D eigenvalue weighted by Crippen LogP contribution is -2.38. The van der Waals surface area contributed by atoms with Gasteiger partial charge in [-0.05, 0) is 17.7 Å². The SMILES string of the molecule is COCC(=O)N1C[C@@H]2C(=O)N(Cc3ccc4c(c3)OCO4)C(=O)[C@@H]2C1. The van der Waals surface area contributed by atoms with Gasteiger partial charge in [0.25, 0.3) is 0 Å². The molecule has 0 radical (unpaired) electrons. The summed E-state index contributed by atoms with van der Waals surface area (Å²) in [5, 5.41) is 0. The zero-order valence-electron chi connectivity index (χ0n) is 13.8. The summed E-state index contributed by atoms with van der Waals surface area (Å²) in [7, 11) is 1.44. The Kier molecular flexibility index (Phi) is 3.84. The predicted molar refractivity (Wildman–Crippen MR) is 83.6 cm³/mol. The second-order valence-corrected chi connectivity index (χ2v) is 6.39. The molecule has 2 saturated heterocycles. The fourth-order valence-electron chi connectivity index (χ4n) is 3.61. The second-order valence-electron chi connectivity index (χ2n) is 6.39. The van der Waals surface area contributed by atoms with Crippen molar-refractivity contribution in [2.75, 3.05) is 33.6 Å². The Labute approximate surface area is 144 Å². The molecule has 8 heteroatoms. The largest absolute Gasteiger partial charge is 0.454 e. The molecule has 0 spiro atoms. The molecule has 0 bridgehead atoms. The van der Waals surface area contributed by atoms with E-state index in [4.69, 9.17) is 14.2 Å². The molecule has 8 nitrogen and oxygen atoms in total. The third-order valence-corrected chi connectivity index (χ3v) is 4.88. The fourth-order valence-corrected chi connectivity index (χ4v) is 3.61. The number of carbonyl (C=O) groups excluding carboxylic acids is 3. The van der Waals surface area contributed by atoms with E-state index < -0.39 is 11.8 Å². The summed E-state index contributed by atoms with van der Waals surface area (Å²) in [6.45, 7) is 0.885. The van der Waals surface area contributed by atoms with Crippen LogP contribution in [0.2, 0.25) is 0 Å². The minimum Gasteiger partial charge on any atom is -0.454 e. The van der Waals surface area contributed by atoms with E-state index in [1.807, 2.05) is 6.07 Å². The van der Waals surface area contributed by atoms with Crippen LogP contribution in [0, 0.1) is 11.8 Å². The van der Waals surface area contributed by atoms with E-state index in [2.05, 4.69) is 0 Å². The van der Waals surface area contributed by atoms with E-state index in [-0.39, 0.29) is 50.8 Å². The molecule has 0 saturated carbocycles. The van der Waals surface area contributed by atoms with E-state index in [0.717, 1.165) is 5.56 Å². The number of ether oxygens (including phenoxy) is 3. The van der Waals surface area contributed by atoms with Crippen molar-refractivity contribution < 1.29 is 28.6 Å². The summed E-state index contributed by atoms with van der Waals surface area (Å²) in [5.74, 6) is -0.273. The Bertz CT molecular complexity index is 725. The standard InChI is InChI=1S/C17H18N2O6/c1-23-8-15(20)18-6-11-12(7-18)17(22)19(16(11)21)5-10-2-3-13-14(4-10)25-9-24-13/h2-4,11-12H,5-9H2,1H3/t11-,12+. The van der Waals surface area contributed by atoms with Gasteiger partial charge in [0.1, 0.15) is 6.61 Å². The van der Waals surface area contributed by atoms with Crippen molar-refractivity contribution in [2.45, 2.75) is 6.54 Å². The van der Waals surface area contributed by atoms with Crippen LogP contribution in [0.15, 0.2) is 18.2 Å². The van der Waals surface area contributed by atoms with E-state index in [0.29, 0.717) is 11.5 Å². The number of amides is 3. The summed E-state index contributed by atoms with van der Waals surface area (Å²) in [6, 6.07) is 5.37. The third kappa shape index (κ3) is 2.62. The van der Waals surface area contributed by atoms with Crippen LogP contribution in [-0.4, -0.2) is 61.1 Å². The predicted octanol–water partition coefficient (Wildman–Crippen LogP) is 0.00510. The van der Waals surface area contributed by atoms with Crippen LogP contribution < -0.4 is 9.47 Å². The molecule has 1 aromatic rings. The van der Waals surface area contributed by atoms with Gasteiger partial charge < -0.3 is 19.1 Å². The number of fused-ring (bicyclic) bond motifs is 2. The maximum Gasteiger partial charge on any atom is 0.248 e. The van der Waals surface area contributed by atoms with Crippen molar-refractivity contribution >= 4 is 17.7 Å². The lowest BCUT2D eigenvalue weighted by Gasteiger charge is -2.20. The van der Waals surface area contributed by atoms with Gasteiger partial charge in [0.15, 0.2) is 11.5 Å². The number of carbonyl (C=O) groups is 3. The molecule has 0 aliphatic carbocycles. The first kappa shape index (κ1) is 15.9. The number of hydrogen-bond donors (Lipinski definition) is 0. The average molecular weight is 346 g/mol. The molecule has 3 aliphatic rings. The molecule has 0 N–H and O–H groups in total. The highest BCUT2D eigenvalue weighted by Crippen LogP contribution is 2.36. The monoisotopic (exact) mass is 346 g/mol. The summed E-state index contributed by atoms with van der Waals surface area (Å²) in [4.78, 5) is 40.0. The zero-order valence-corrected chi connectivity index (χ0v) is 13.8. The highest BCUT2D eigenvalue weighted by molar-refractivity contribution is 6.06. The molecule has 2 atom stereocenters. The van der Waals surface area contributed by atoms with Crippen LogP contribution >= 0.6 is 0 Å².